The van der Waals surface area contributed by atoms with Gasteiger partial charge in [-0.05, 0) is 37.0 Å². The maximum atomic E-state index is 6.09. The van der Waals surface area contributed by atoms with Crippen molar-refractivity contribution in [2.75, 3.05) is 12.0 Å². The number of benzene rings is 1. The van der Waals surface area contributed by atoms with Crippen LogP contribution in [0.3, 0.4) is 0 Å². The summed E-state index contributed by atoms with van der Waals surface area (Å²) in [5, 5.41) is 1.15. The molecular formula is C13H17NOS. The van der Waals surface area contributed by atoms with Gasteiger partial charge in [-0.15, -0.1) is 0 Å². The van der Waals surface area contributed by atoms with E-state index >= 15 is 0 Å². The fourth-order valence-electron chi connectivity index (χ4n) is 1.80. The van der Waals surface area contributed by atoms with Gasteiger partial charge in [-0.2, -0.15) is 11.8 Å². The molecule has 0 saturated heterocycles. The number of rotatable bonds is 4. The summed E-state index contributed by atoms with van der Waals surface area (Å²) in [5.41, 5.74) is 8.22. The topological polar surface area (TPSA) is 39.2 Å². The van der Waals surface area contributed by atoms with Crippen LogP contribution in [-0.2, 0) is 0 Å². The van der Waals surface area contributed by atoms with Crippen molar-refractivity contribution in [1.29, 1.82) is 0 Å². The molecule has 1 aromatic heterocycles. The van der Waals surface area contributed by atoms with E-state index in [4.69, 9.17) is 10.2 Å². The molecule has 0 radical (unpaired) electrons. The molecule has 1 unspecified atom stereocenters. The zero-order valence-corrected chi connectivity index (χ0v) is 10.5. The van der Waals surface area contributed by atoms with Crippen LogP contribution in [0.25, 0.3) is 11.0 Å². The summed E-state index contributed by atoms with van der Waals surface area (Å²) in [7, 11) is 0. The lowest BCUT2D eigenvalue weighted by atomic mass is 10.1. The van der Waals surface area contributed by atoms with Crippen molar-refractivity contribution in [3.05, 3.63) is 35.6 Å². The van der Waals surface area contributed by atoms with E-state index in [-0.39, 0.29) is 6.04 Å². The maximum Gasteiger partial charge on any atom is 0.137 e. The summed E-state index contributed by atoms with van der Waals surface area (Å²) in [6, 6.07) is 8.25. The molecule has 0 bridgehead atoms. The van der Waals surface area contributed by atoms with Crippen molar-refractivity contribution < 1.29 is 4.42 Å². The van der Waals surface area contributed by atoms with Crippen molar-refractivity contribution in [1.82, 2.24) is 0 Å². The number of furan rings is 1. The first-order valence-electron chi connectivity index (χ1n) is 5.46. The van der Waals surface area contributed by atoms with Gasteiger partial charge in [0.05, 0.1) is 6.04 Å². The van der Waals surface area contributed by atoms with Crippen LogP contribution in [0.15, 0.2) is 28.7 Å². The number of thioether (sulfide) groups is 1. The zero-order chi connectivity index (χ0) is 11.5. The molecule has 2 nitrogen and oxygen atoms in total. The monoisotopic (exact) mass is 235 g/mol. The van der Waals surface area contributed by atoms with E-state index in [0.717, 1.165) is 28.9 Å². The lowest BCUT2D eigenvalue weighted by Crippen LogP contribution is -2.09. The van der Waals surface area contributed by atoms with Gasteiger partial charge in [-0.1, -0.05) is 18.2 Å². The summed E-state index contributed by atoms with van der Waals surface area (Å²) in [4.78, 5) is 0. The minimum atomic E-state index is 0.0132. The van der Waals surface area contributed by atoms with E-state index < -0.39 is 0 Å². The Kier molecular flexibility index (Phi) is 3.56. The molecule has 0 saturated carbocycles. The first kappa shape index (κ1) is 11.6. The van der Waals surface area contributed by atoms with Gasteiger partial charge < -0.3 is 10.2 Å². The fourth-order valence-corrected chi connectivity index (χ4v) is 2.29. The normalized spacial score (nSPS) is 13.2. The van der Waals surface area contributed by atoms with Gasteiger partial charge in [-0.3, -0.25) is 0 Å². The average molecular weight is 235 g/mol. The Labute approximate surface area is 100 Å². The number of hydrogen-bond donors (Lipinski definition) is 1. The molecule has 1 aromatic carbocycles. The van der Waals surface area contributed by atoms with E-state index in [9.17, 15) is 0 Å². The van der Waals surface area contributed by atoms with E-state index in [1.165, 1.54) is 5.56 Å². The molecule has 2 N–H and O–H groups in total. The van der Waals surface area contributed by atoms with E-state index in [2.05, 4.69) is 31.4 Å². The van der Waals surface area contributed by atoms with Gasteiger partial charge in [0.25, 0.3) is 0 Å². The Morgan fingerprint density at radius 3 is 2.94 bits per heavy atom. The van der Waals surface area contributed by atoms with Gasteiger partial charge in [0.2, 0.25) is 0 Å². The molecule has 2 rings (SSSR count). The van der Waals surface area contributed by atoms with Crippen LogP contribution in [-0.4, -0.2) is 12.0 Å². The maximum absolute atomic E-state index is 6.09. The third-order valence-electron chi connectivity index (χ3n) is 2.76. The van der Waals surface area contributed by atoms with Gasteiger partial charge in [0, 0.05) is 5.39 Å². The smallest absolute Gasteiger partial charge is 0.137 e. The van der Waals surface area contributed by atoms with Crippen LogP contribution >= 0.6 is 11.8 Å². The number of hydrogen-bond acceptors (Lipinski definition) is 3. The number of para-hydroxylation sites is 1. The molecular weight excluding hydrogens is 218 g/mol. The molecule has 3 heteroatoms. The Bertz CT molecular complexity index is 478. The minimum Gasteiger partial charge on any atom is -0.459 e. The molecule has 0 aliphatic carbocycles. The molecule has 1 heterocycles. The predicted octanol–water partition coefficient (Wildman–Crippen LogP) is 3.49. The highest BCUT2D eigenvalue weighted by Gasteiger charge is 2.12. The zero-order valence-electron chi connectivity index (χ0n) is 9.69. The molecule has 0 amide bonds. The van der Waals surface area contributed by atoms with Crippen molar-refractivity contribution in [3.63, 3.8) is 0 Å². The quantitative estimate of drug-likeness (QED) is 0.881. The second-order valence-electron chi connectivity index (χ2n) is 4.03. The van der Waals surface area contributed by atoms with Gasteiger partial charge in [-0.25, -0.2) is 0 Å². The van der Waals surface area contributed by atoms with Crippen molar-refractivity contribution >= 4 is 22.7 Å². The third-order valence-corrected chi connectivity index (χ3v) is 3.40. The van der Waals surface area contributed by atoms with Gasteiger partial charge in [0.1, 0.15) is 11.3 Å². The number of fused-ring (bicyclic) bond motifs is 1. The molecule has 0 aliphatic heterocycles. The fraction of sp³-hybridized carbons (Fsp3) is 0.385. The highest BCUT2D eigenvalue weighted by atomic mass is 32.2. The van der Waals surface area contributed by atoms with Gasteiger partial charge in [0.15, 0.2) is 0 Å². The lowest BCUT2D eigenvalue weighted by molar-refractivity contribution is 0.489. The summed E-state index contributed by atoms with van der Waals surface area (Å²) >= 11 is 1.81. The van der Waals surface area contributed by atoms with Crippen molar-refractivity contribution in [3.8, 4) is 0 Å². The second-order valence-corrected chi connectivity index (χ2v) is 5.02. The number of aryl methyl sites for hydroxylation is 1. The Hall–Kier alpha value is -0.930. The van der Waals surface area contributed by atoms with Crippen LogP contribution < -0.4 is 5.73 Å². The first-order chi connectivity index (χ1) is 7.72. The highest BCUT2D eigenvalue weighted by Crippen LogP contribution is 2.27. The summed E-state index contributed by atoms with van der Waals surface area (Å²) in [5.74, 6) is 1.97. The summed E-state index contributed by atoms with van der Waals surface area (Å²) < 4.78 is 5.82. The van der Waals surface area contributed by atoms with Crippen LogP contribution in [0, 0.1) is 6.92 Å². The second kappa shape index (κ2) is 4.93. The minimum absolute atomic E-state index is 0.0132. The molecule has 1 atom stereocenters. The summed E-state index contributed by atoms with van der Waals surface area (Å²) in [6.45, 7) is 2.06. The molecule has 16 heavy (non-hydrogen) atoms. The van der Waals surface area contributed by atoms with Crippen LogP contribution in [0.4, 0.5) is 0 Å². The molecule has 0 aliphatic rings. The highest BCUT2D eigenvalue weighted by molar-refractivity contribution is 7.98. The van der Waals surface area contributed by atoms with Crippen molar-refractivity contribution in [2.45, 2.75) is 19.4 Å². The van der Waals surface area contributed by atoms with E-state index in [1.807, 2.05) is 17.8 Å². The average Bonchev–Trinajstić information content (AvgIpc) is 2.71. The SMILES string of the molecule is CSCCC(N)c1cc2cccc(C)c2o1. The molecule has 2 aromatic rings. The standard InChI is InChI=1S/C13H17NOS/c1-9-4-3-5-10-8-12(15-13(9)10)11(14)6-7-16-2/h3-5,8,11H,6-7,14H2,1-2H3. The lowest BCUT2D eigenvalue weighted by Gasteiger charge is -2.06. The Morgan fingerprint density at radius 1 is 1.44 bits per heavy atom. The molecule has 0 fully saturated rings. The van der Waals surface area contributed by atoms with Crippen LogP contribution in [0.2, 0.25) is 0 Å². The van der Waals surface area contributed by atoms with Gasteiger partial charge >= 0.3 is 0 Å². The van der Waals surface area contributed by atoms with Crippen LogP contribution in [0.5, 0.6) is 0 Å². The van der Waals surface area contributed by atoms with E-state index in [0.29, 0.717) is 0 Å². The van der Waals surface area contributed by atoms with Crippen LogP contribution in [0.1, 0.15) is 23.8 Å². The molecule has 0 spiro atoms. The summed E-state index contributed by atoms with van der Waals surface area (Å²) in [6.07, 6.45) is 3.05. The van der Waals surface area contributed by atoms with E-state index in [1.54, 1.807) is 0 Å². The Morgan fingerprint density at radius 2 is 2.25 bits per heavy atom. The first-order valence-corrected chi connectivity index (χ1v) is 6.85. The third kappa shape index (κ3) is 2.25. The largest absolute Gasteiger partial charge is 0.459 e. The molecule has 86 valence electrons. The predicted molar refractivity (Wildman–Crippen MR) is 70.9 cm³/mol. The number of nitrogens with two attached hydrogens (primary N) is 1. The van der Waals surface area contributed by atoms with Crippen molar-refractivity contribution in [2.24, 2.45) is 5.73 Å². The Balaban J connectivity index is 2.29.